The number of aryl methyl sites for hydroxylation is 1. The van der Waals surface area contributed by atoms with Gasteiger partial charge >= 0.3 is 5.97 Å². The number of nitrogens with one attached hydrogen (secondary N) is 2. The first-order chi connectivity index (χ1) is 10.4. The minimum atomic E-state index is -2.07. The van der Waals surface area contributed by atoms with Gasteiger partial charge in [0.25, 0.3) is 0 Å². The summed E-state index contributed by atoms with van der Waals surface area (Å²) < 4.78 is 12.7. The fourth-order valence-corrected chi connectivity index (χ4v) is 1.84. The third-order valence-electron chi connectivity index (χ3n) is 3.13. The monoisotopic (exact) mass is 309 g/mol. The molecule has 1 aromatic carbocycles. The summed E-state index contributed by atoms with van der Waals surface area (Å²) in [6.07, 6.45) is 0.364. The van der Waals surface area contributed by atoms with E-state index in [1.165, 1.54) is 0 Å². The normalized spacial score (nSPS) is 11.7. The van der Waals surface area contributed by atoms with Crippen molar-refractivity contribution in [1.82, 2.24) is 5.32 Å². The van der Waals surface area contributed by atoms with Crippen molar-refractivity contribution in [2.75, 3.05) is 6.54 Å². The van der Waals surface area contributed by atoms with Gasteiger partial charge in [0.2, 0.25) is 12.1 Å². The van der Waals surface area contributed by atoms with E-state index in [4.69, 9.17) is 16.2 Å². The third kappa shape index (κ3) is 6.34. The summed E-state index contributed by atoms with van der Waals surface area (Å²) in [6.45, 7) is -0.499. The number of aliphatic carboxylic acids is 1. The van der Waals surface area contributed by atoms with Crippen molar-refractivity contribution in [1.29, 1.82) is 5.41 Å². The van der Waals surface area contributed by atoms with Crippen molar-refractivity contribution in [2.45, 2.75) is 31.9 Å². The van der Waals surface area contributed by atoms with Gasteiger partial charge in [0.15, 0.2) is 0 Å². The van der Waals surface area contributed by atoms with Crippen LogP contribution in [-0.2, 0) is 16.0 Å². The lowest BCUT2D eigenvalue weighted by atomic mass is 10.0. The Morgan fingerprint density at radius 3 is 2.45 bits per heavy atom. The number of hydrogen-bond acceptors (Lipinski definition) is 3. The minimum Gasteiger partial charge on any atom is -0.479 e. The molecule has 1 amide bonds. The Bertz CT molecular complexity index is 531. The molecule has 7 heteroatoms. The van der Waals surface area contributed by atoms with Crippen LogP contribution < -0.4 is 11.1 Å². The number of nitrogen functional groups attached to an aromatic ring is 1. The zero-order valence-electron chi connectivity index (χ0n) is 12.1. The van der Waals surface area contributed by atoms with Crippen molar-refractivity contribution in [3.05, 3.63) is 35.4 Å². The molecule has 1 unspecified atom stereocenters. The molecule has 0 aliphatic rings. The Morgan fingerprint density at radius 1 is 1.27 bits per heavy atom. The van der Waals surface area contributed by atoms with Gasteiger partial charge in [0, 0.05) is 12.0 Å². The first-order valence-electron chi connectivity index (χ1n) is 6.97. The molecule has 0 bridgehead atoms. The molecule has 120 valence electrons. The zero-order valence-corrected chi connectivity index (χ0v) is 12.1. The average molecular weight is 309 g/mol. The third-order valence-corrected chi connectivity index (χ3v) is 3.13. The van der Waals surface area contributed by atoms with Gasteiger partial charge in [-0.1, -0.05) is 24.3 Å². The molecule has 1 rings (SSSR count). The molecule has 0 spiro atoms. The van der Waals surface area contributed by atoms with Crippen LogP contribution in [0.15, 0.2) is 24.3 Å². The molecular weight excluding hydrogens is 289 g/mol. The largest absolute Gasteiger partial charge is 0.479 e. The summed E-state index contributed by atoms with van der Waals surface area (Å²) in [4.78, 5) is 21.6. The van der Waals surface area contributed by atoms with Gasteiger partial charge in [-0.2, -0.15) is 0 Å². The van der Waals surface area contributed by atoms with E-state index >= 15 is 0 Å². The number of rotatable bonds is 9. The van der Waals surface area contributed by atoms with Gasteiger partial charge in [-0.25, -0.2) is 9.18 Å². The lowest BCUT2D eigenvalue weighted by Crippen LogP contribution is -2.33. The number of carboxylic acid groups (broad SMARTS) is 1. The number of halogens is 1. The molecule has 6 nitrogen and oxygen atoms in total. The molecule has 0 aromatic heterocycles. The highest BCUT2D eigenvalue weighted by Crippen LogP contribution is 2.08. The van der Waals surface area contributed by atoms with Crippen LogP contribution in [0.2, 0.25) is 0 Å². The lowest BCUT2D eigenvalue weighted by Gasteiger charge is -2.06. The van der Waals surface area contributed by atoms with Crippen molar-refractivity contribution >= 4 is 17.7 Å². The van der Waals surface area contributed by atoms with E-state index < -0.39 is 18.7 Å². The second kappa shape index (κ2) is 8.76. The van der Waals surface area contributed by atoms with Crippen molar-refractivity contribution < 1.29 is 19.1 Å². The smallest absolute Gasteiger partial charge is 0.340 e. The molecule has 0 fully saturated rings. The fraction of sp³-hybridized carbons (Fsp3) is 0.400. The number of carboxylic acids is 1. The first kappa shape index (κ1) is 17.6. The highest BCUT2D eigenvalue weighted by molar-refractivity contribution is 5.94. The van der Waals surface area contributed by atoms with Crippen LogP contribution in [0.1, 0.15) is 30.4 Å². The van der Waals surface area contributed by atoms with E-state index in [-0.39, 0.29) is 18.2 Å². The Hall–Kier alpha value is -2.44. The lowest BCUT2D eigenvalue weighted by molar-refractivity contribution is -0.142. The maximum atomic E-state index is 12.7. The second-order valence-corrected chi connectivity index (χ2v) is 4.93. The van der Waals surface area contributed by atoms with E-state index in [1.54, 1.807) is 12.1 Å². The predicted octanol–water partition coefficient (Wildman–Crippen LogP) is 1.22. The maximum Gasteiger partial charge on any atom is 0.340 e. The molecule has 1 aromatic rings. The topological polar surface area (TPSA) is 116 Å². The van der Waals surface area contributed by atoms with E-state index in [1.807, 2.05) is 12.1 Å². The van der Waals surface area contributed by atoms with Crippen LogP contribution in [0.3, 0.4) is 0 Å². The molecule has 0 aliphatic heterocycles. The zero-order chi connectivity index (χ0) is 16.5. The van der Waals surface area contributed by atoms with Gasteiger partial charge < -0.3 is 16.2 Å². The van der Waals surface area contributed by atoms with Gasteiger partial charge in [-0.05, 0) is 24.8 Å². The molecule has 5 N–H and O–H groups in total. The molecule has 0 aliphatic carbocycles. The van der Waals surface area contributed by atoms with Crippen LogP contribution in [-0.4, -0.2) is 35.5 Å². The van der Waals surface area contributed by atoms with Crippen LogP contribution in [0, 0.1) is 5.41 Å². The molecule has 0 heterocycles. The van der Waals surface area contributed by atoms with Crippen LogP contribution in [0.25, 0.3) is 0 Å². The number of alkyl halides is 1. The molecular formula is C15H20FN3O3. The molecule has 0 radical (unpaired) electrons. The van der Waals surface area contributed by atoms with E-state index in [0.29, 0.717) is 12.0 Å². The number of hydrogen-bond donors (Lipinski definition) is 4. The fourth-order valence-electron chi connectivity index (χ4n) is 1.84. The summed E-state index contributed by atoms with van der Waals surface area (Å²) in [6, 6.07) is 7.32. The second-order valence-electron chi connectivity index (χ2n) is 4.93. The number of amidine groups is 1. The van der Waals surface area contributed by atoms with E-state index in [9.17, 15) is 14.0 Å². The van der Waals surface area contributed by atoms with Gasteiger partial charge in [-0.3, -0.25) is 10.2 Å². The van der Waals surface area contributed by atoms with Gasteiger partial charge in [0.1, 0.15) is 5.84 Å². The Morgan fingerprint density at radius 2 is 1.91 bits per heavy atom. The number of benzene rings is 1. The molecule has 22 heavy (non-hydrogen) atoms. The number of carbonyl (C=O) groups excluding carboxylic acids is 1. The summed E-state index contributed by atoms with van der Waals surface area (Å²) in [7, 11) is 0. The van der Waals surface area contributed by atoms with Crippen LogP contribution in [0.4, 0.5) is 4.39 Å². The maximum absolute atomic E-state index is 12.7. The predicted molar refractivity (Wildman–Crippen MR) is 80.6 cm³/mol. The summed E-state index contributed by atoms with van der Waals surface area (Å²) in [5.74, 6) is -1.90. The van der Waals surface area contributed by atoms with Gasteiger partial charge in [-0.15, -0.1) is 0 Å². The van der Waals surface area contributed by atoms with E-state index in [2.05, 4.69) is 5.32 Å². The minimum absolute atomic E-state index is 0.0238. The molecule has 0 saturated carbocycles. The Kier molecular flexibility index (Phi) is 7.01. The molecule has 0 saturated heterocycles. The standard InChI is InChI=1S/C15H20FN3O3/c16-12(15(21)22)9-19-13(20)4-2-1-3-10-5-7-11(8-6-10)14(17)18/h5-8,12H,1-4,9H2,(H3,17,18)(H,19,20)(H,21,22). The number of amides is 1. The molecule has 1 atom stereocenters. The summed E-state index contributed by atoms with van der Waals surface area (Å²) >= 11 is 0. The number of nitrogens with two attached hydrogens (primary N) is 1. The SMILES string of the molecule is N=C(N)c1ccc(CCCCC(=O)NCC(F)C(=O)O)cc1. The number of unbranched alkanes of at least 4 members (excludes halogenated alkanes) is 1. The van der Waals surface area contributed by atoms with Crippen molar-refractivity contribution in [3.63, 3.8) is 0 Å². The van der Waals surface area contributed by atoms with Crippen LogP contribution >= 0.6 is 0 Å². The Labute approximate surface area is 128 Å². The first-order valence-corrected chi connectivity index (χ1v) is 6.97. The quantitative estimate of drug-likeness (QED) is 0.312. The van der Waals surface area contributed by atoms with Crippen LogP contribution in [0.5, 0.6) is 0 Å². The summed E-state index contributed by atoms with van der Waals surface area (Å²) in [5, 5.41) is 17.9. The highest BCUT2D eigenvalue weighted by atomic mass is 19.1. The summed E-state index contributed by atoms with van der Waals surface area (Å²) in [5.41, 5.74) is 7.11. The average Bonchev–Trinajstić information content (AvgIpc) is 2.49. The number of carbonyl (C=O) groups is 2. The highest BCUT2D eigenvalue weighted by Gasteiger charge is 2.16. The van der Waals surface area contributed by atoms with Gasteiger partial charge in [0.05, 0.1) is 6.54 Å². The van der Waals surface area contributed by atoms with Crippen molar-refractivity contribution in [2.24, 2.45) is 5.73 Å². The Balaban J connectivity index is 2.20. The van der Waals surface area contributed by atoms with Crippen molar-refractivity contribution in [3.8, 4) is 0 Å². The van der Waals surface area contributed by atoms with E-state index in [0.717, 1.165) is 18.4 Å².